The molecule has 1 aromatic carbocycles. The van der Waals surface area contributed by atoms with Crippen molar-refractivity contribution in [1.29, 1.82) is 0 Å². The highest BCUT2D eigenvalue weighted by Crippen LogP contribution is 2.16. The highest BCUT2D eigenvalue weighted by Gasteiger charge is 1.99. The van der Waals surface area contributed by atoms with E-state index in [9.17, 15) is 4.79 Å². The van der Waals surface area contributed by atoms with E-state index in [1.165, 1.54) is 0 Å². The number of aliphatic carboxylic acids is 1. The molecule has 0 amide bonds. The van der Waals surface area contributed by atoms with Crippen LogP contribution in [0.3, 0.4) is 0 Å². The Bertz CT molecular complexity index is 399. The van der Waals surface area contributed by atoms with E-state index in [1.807, 2.05) is 26.0 Å². The fourth-order valence-electron chi connectivity index (χ4n) is 1.37. The first-order chi connectivity index (χ1) is 7.49. The van der Waals surface area contributed by atoms with Crippen LogP contribution in [0, 0.1) is 13.8 Å². The van der Waals surface area contributed by atoms with E-state index in [0.29, 0.717) is 5.57 Å². The summed E-state index contributed by atoms with van der Waals surface area (Å²) < 4.78 is 5.45. The number of carboxylic acids is 1. The molecule has 0 aliphatic carbocycles. The van der Waals surface area contributed by atoms with Gasteiger partial charge in [0.15, 0.2) is 0 Å². The molecule has 0 aliphatic heterocycles. The van der Waals surface area contributed by atoms with Crippen LogP contribution in [-0.2, 0) is 4.79 Å². The molecule has 1 aromatic rings. The molecule has 3 heteroatoms. The molecule has 0 fully saturated rings. The van der Waals surface area contributed by atoms with Gasteiger partial charge >= 0.3 is 5.97 Å². The topological polar surface area (TPSA) is 46.5 Å². The Balaban J connectivity index is 2.62. The Morgan fingerprint density at radius 1 is 1.31 bits per heavy atom. The third-order valence-corrected chi connectivity index (χ3v) is 2.17. The van der Waals surface area contributed by atoms with Gasteiger partial charge in [-0.25, -0.2) is 4.79 Å². The molecule has 16 heavy (non-hydrogen) atoms. The van der Waals surface area contributed by atoms with Gasteiger partial charge in [-0.1, -0.05) is 6.07 Å². The van der Waals surface area contributed by atoms with Gasteiger partial charge in [0.05, 0.1) is 0 Å². The van der Waals surface area contributed by atoms with Gasteiger partial charge in [0, 0.05) is 5.57 Å². The predicted octanol–water partition coefficient (Wildman–Crippen LogP) is 2.71. The summed E-state index contributed by atoms with van der Waals surface area (Å²) in [5, 5.41) is 8.64. The van der Waals surface area contributed by atoms with Gasteiger partial charge in [0.2, 0.25) is 0 Å². The van der Waals surface area contributed by atoms with Crippen molar-refractivity contribution < 1.29 is 14.6 Å². The zero-order chi connectivity index (χ0) is 12.1. The standard InChI is InChI=1S/C13H16O3/c1-9-6-10(2)8-12(7-9)16-5-4-11(3)13(14)15/h4,6-8H,5H2,1-3H3,(H,14,15). The Kier molecular flexibility index (Phi) is 4.11. The summed E-state index contributed by atoms with van der Waals surface area (Å²) in [4.78, 5) is 10.5. The van der Waals surface area contributed by atoms with E-state index in [4.69, 9.17) is 9.84 Å². The van der Waals surface area contributed by atoms with Crippen molar-refractivity contribution in [3.8, 4) is 5.75 Å². The van der Waals surface area contributed by atoms with Gasteiger partial charge in [-0.3, -0.25) is 0 Å². The lowest BCUT2D eigenvalue weighted by Crippen LogP contribution is -2.01. The molecule has 0 atom stereocenters. The van der Waals surface area contributed by atoms with Gasteiger partial charge in [0.25, 0.3) is 0 Å². The zero-order valence-corrected chi connectivity index (χ0v) is 9.78. The third kappa shape index (κ3) is 3.77. The van der Waals surface area contributed by atoms with Crippen LogP contribution in [0.25, 0.3) is 0 Å². The summed E-state index contributed by atoms with van der Waals surface area (Å²) in [7, 11) is 0. The van der Waals surface area contributed by atoms with Crippen LogP contribution in [0.5, 0.6) is 5.75 Å². The number of ether oxygens (including phenoxy) is 1. The fourth-order valence-corrected chi connectivity index (χ4v) is 1.37. The minimum atomic E-state index is -0.913. The second kappa shape index (κ2) is 5.35. The smallest absolute Gasteiger partial charge is 0.331 e. The molecule has 1 rings (SSSR count). The van der Waals surface area contributed by atoms with Crippen molar-refractivity contribution in [2.24, 2.45) is 0 Å². The molecule has 0 aliphatic rings. The summed E-state index contributed by atoms with van der Waals surface area (Å²) in [5.41, 5.74) is 2.56. The maximum Gasteiger partial charge on any atom is 0.331 e. The monoisotopic (exact) mass is 220 g/mol. The van der Waals surface area contributed by atoms with E-state index < -0.39 is 5.97 Å². The summed E-state index contributed by atoms with van der Waals surface area (Å²) in [6.07, 6.45) is 1.56. The summed E-state index contributed by atoms with van der Waals surface area (Å²) in [6.45, 7) is 5.82. The Hall–Kier alpha value is -1.77. The van der Waals surface area contributed by atoms with Crippen LogP contribution in [-0.4, -0.2) is 17.7 Å². The molecule has 0 aromatic heterocycles. The normalized spacial score (nSPS) is 11.3. The van der Waals surface area contributed by atoms with Crippen molar-refractivity contribution in [2.45, 2.75) is 20.8 Å². The molecule has 0 saturated heterocycles. The quantitative estimate of drug-likeness (QED) is 0.793. The number of hydrogen-bond acceptors (Lipinski definition) is 2. The summed E-state index contributed by atoms with van der Waals surface area (Å²) in [6, 6.07) is 5.92. The van der Waals surface area contributed by atoms with E-state index in [-0.39, 0.29) is 6.61 Å². The first-order valence-corrected chi connectivity index (χ1v) is 5.10. The average Bonchev–Trinajstić information content (AvgIpc) is 2.15. The Labute approximate surface area is 95.4 Å². The van der Waals surface area contributed by atoms with E-state index >= 15 is 0 Å². The molecule has 0 saturated carbocycles. The molecule has 0 bridgehead atoms. The van der Waals surface area contributed by atoms with Crippen molar-refractivity contribution in [2.75, 3.05) is 6.61 Å². The minimum absolute atomic E-state index is 0.279. The largest absolute Gasteiger partial charge is 0.489 e. The number of hydrogen-bond donors (Lipinski definition) is 1. The highest BCUT2D eigenvalue weighted by molar-refractivity contribution is 5.85. The SMILES string of the molecule is CC(=CCOc1cc(C)cc(C)c1)C(=O)O. The second-order valence-electron chi connectivity index (χ2n) is 3.83. The number of carboxylic acid groups (broad SMARTS) is 1. The van der Waals surface area contributed by atoms with Gasteiger partial charge in [-0.2, -0.15) is 0 Å². The number of rotatable bonds is 4. The molecule has 0 radical (unpaired) electrons. The van der Waals surface area contributed by atoms with Crippen molar-refractivity contribution in [1.82, 2.24) is 0 Å². The van der Waals surface area contributed by atoms with Crippen LogP contribution in [0.1, 0.15) is 18.1 Å². The van der Waals surface area contributed by atoms with Crippen molar-refractivity contribution in [3.63, 3.8) is 0 Å². The second-order valence-corrected chi connectivity index (χ2v) is 3.83. The summed E-state index contributed by atoms with van der Waals surface area (Å²) >= 11 is 0. The molecular weight excluding hydrogens is 204 g/mol. The van der Waals surface area contributed by atoms with Crippen molar-refractivity contribution >= 4 is 5.97 Å². The molecular formula is C13H16O3. The lowest BCUT2D eigenvalue weighted by atomic mass is 10.1. The average molecular weight is 220 g/mol. The van der Waals surface area contributed by atoms with Crippen LogP contribution in [0.4, 0.5) is 0 Å². The van der Waals surface area contributed by atoms with Crippen molar-refractivity contribution in [3.05, 3.63) is 41.0 Å². The Morgan fingerprint density at radius 3 is 2.38 bits per heavy atom. The molecule has 0 unspecified atom stereocenters. The predicted molar refractivity (Wildman–Crippen MR) is 62.8 cm³/mol. The van der Waals surface area contributed by atoms with Gasteiger partial charge in [-0.05, 0) is 50.1 Å². The zero-order valence-electron chi connectivity index (χ0n) is 9.78. The lowest BCUT2D eigenvalue weighted by Gasteiger charge is -2.06. The van der Waals surface area contributed by atoms with E-state index in [1.54, 1.807) is 13.0 Å². The van der Waals surface area contributed by atoms with Gasteiger partial charge in [0.1, 0.15) is 12.4 Å². The third-order valence-electron chi connectivity index (χ3n) is 2.17. The highest BCUT2D eigenvalue weighted by atomic mass is 16.5. The molecule has 0 heterocycles. The summed E-state index contributed by atoms with van der Waals surface area (Å²) in [5.74, 6) is -0.143. The van der Waals surface area contributed by atoms with E-state index in [0.717, 1.165) is 16.9 Å². The maximum atomic E-state index is 10.5. The minimum Gasteiger partial charge on any atom is -0.489 e. The number of aryl methyl sites for hydroxylation is 2. The molecule has 3 nitrogen and oxygen atoms in total. The fraction of sp³-hybridized carbons (Fsp3) is 0.308. The van der Waals surface area contributed by atoms with Crippen LogP contribution >= 0.6 is 0 Å². The lowest BCUT2D eigenvalue weighted by molar-refractivity contribution is -0.132. The molecule has 86 valence electrons. The first kappa shape index (κ1) is 12.3. The Morgan fingerprint density at radius 2 is 1.88 bits per heavy atom. The first-order valence-electron chi connectivity index (χ1n) is 5.10. The number of benzene rings is 1. The number of carbonyl (C=O) groups is 1. The van der Waals surface area contributed by atoms with Crippen LogP contribution in [0.15, 0.2) is 29.8 Å². The molecule has 1 N–H and O–H groups in total. The van der Waals surface area contributed by atoms with Crippen LogP contribution in [0.2, 0.25) is 0 Å². The van der Waals surface area contributed by atoms with Gasteiger partial charge in [-0.15, -0.1) is 0 Å². The van der Waals surface area contributed by atoms with Crippen LogP contribution < -0.4 is 4.74 Å². The maximum absolute atomic E-state index is 10.5. The molecule has 0 spiro atoms. The van der Waals surface area contributed by atoms with Gasteiger partial charge < -0.3 is 9.84 Å². The van der Waals surface area contributed by atoms with E-state index in [2.05, 4.69) is 6.07 Å².